The van der Waals surface area contributed by atoms with Gasteiger partial charge in [-0.05, 0) is 79.9 Å². The van der Waals surface area contributed by atoms with Gasteiger partial charge in [-0.3, -0.25) is 9.69 Å². The number of ether oxygens (including phenoxy) is 1. The highest BCUT2D eigenvalue weighted by Gasteiger charge is 2.76. The van der Waals surface area contributed by atoms with Crippen LogP contribution >= 0.6 is 0 Å². The van der Waals surface area contributed by atoms with Crippen LogP contribution in [-0.2, 0) is 11.3 Å². The van der Waals surface area contributed by atoms with E-state index in [4.69, 9.17) is 9.15 Å². The summed E-state index contributed by atoms with van der Waals surface area (Å²) in [5.74, 6) is 0.769. The van der Waals surface area contributed by atoms with E-state index in [1.807, 2.05) is 23.1 Å². The summed E-state index contributed by atoms with van der Waals surface area (Å²) in [5.41, 5.74) is 0.236. The fraction of sp³-hybridized carbons (Fsp3) is 0.543. The maximum Gasteiger partial charge on any atom is 0.410 e. The van der Waals surface area contributed by atoms with E-state index >= 15 is 0 Å². The summed E-state index contributed by atoms with van der Waals surface area (Å²) in [6, 6.07) is 13.7. The molecule has 2 bridgehead atoms. The first-order chi connectivity index (χ1) is 19.7. The maximum absolute atomic E-state index is 14.3. The normalized spacial score (nSPS) is 43.9. The number of benzene rings is 1. The zero-order valence-corrected chi connectivity index (χ0v) is 24.0. The van der Waals surface area contributed by atoms with E-state index in [1.54, 1.807) is 18.4 Å². The van der Waals surface area contributed by atoms with Gasteiger partial charge >= 0.3 is 6.09 Å². The van der Waals surface area contributed by atoms with E-state index in [0.717, 1.165) is 49.7 Å². The van der Waals surface area contributed by atoms with Gasteiger partial charge in [0.25, 0.3) is 0 Å². The van der Waals surface area contributed by atoms with Crippen LogP contribution in [0.2, 0.25) is 0 Å². The number of Topliss-reactive ketones (excluding diaryl/α,β-unsaturated/α-hetero) is 1. The molecule has 3 saturated carbocycles. The number of furan rings is 1. The van der Waals surface area contributed by atoms with Gasteiger partial charge in [0.2, 0.25) is 5.78 Å². The summed E-state index contributed by atoms with van der Waals surface area (Å²) in [5, 5.41) is 10.8. The molecule has 1 saturated heterocycles. The van der Waals surface area contributed by atoms with E-state index in [0.29, 0.717) is 25.3 Å². The molecular weight excluding hydrogens is 514 g/mol. The molecule has 1 N–H and O–H groups in total. The largest absolute Gasteiger partial charge is 0.461 e. The Morgan fingerprint density at radius 1 is 0.976 bits per heavy atom. The van der Waals surface area contributed by atoms with Gasteiger partial charge in [-0.25, -0.2) is 4.79 Å². The molecule has 1 aliphatic heterocycles. The predicted octanol–water partition coefficient (Wildman–Crippen LogP) is 6.71. The van der Waals surface area contributed by atoms with Crippen LogP contribution in [-0.4, -0.2) is 40.1 Å². The van der Waals surface area contributed by atoms with Gasteiger partial charge in [-0.15, -0.1) is 0 Å². The summed E-state index contributed by atoms with van der Waals surface area (Å²) in [4.78, 5) is 29.6. The summed E-state index contributed by atoms with van der Waals surface area (Å²) < 4.78 is 12.2. The van der Waals surface area contributed by atoms with Crippen molar-refractivity contribution in [1.29, 1.82) is 0 Å². The Balaban J connectivity index is 1.23. The third-order valence-corrected chi connectivity index (χ3v) is 12.9. The van der Waals surface area contributed by atoms with Gasteiger partial charge in [0, 0.05) is 28.4 Å². The molecule has 8 unspecified atom stereocenters. The quantitative estimate of drug-likeness (QED) is 0.336. The highest BCUT2D eigenvalue weighted by Crippen LogP contribution is 2.79. The Hall–Kier alpha value is -3.12. The molecule has 1 aromatic carbocycles. The van der Waals surface area contributed by atoms with E-state index in [2.05, 4.69) is 44.2 Å². The average molecular weight is 554 g/mol. The Morgan fingerprint density at radius 3 is 2.51 bits per heavy atom. The fourth-order valence-corrected chi connectivity index (χ4v) is 10.8. The zero-order valence-electron chi connectivity index (χ0n) is 24.0. The molecular formula is C35H39NO5. The van der Waals surface area contributed by atoms with Crippen molar-refractivity contribution < 1.29 is 23.8 Å². The molecule has 9 rings (SSSR count). The Morgan fingerprint density at radius 2 is 1.73 bits per heavy atom. The number of carbonyl (C=O) groups is 2. The molecule has 214 valence electrons. The molecule has 8 atom stereocenters. The summed E-state index contributed by atoms with van der Waals surface area (Å²) in [7, 11) is 0. The molecule has 2 aromatic rings. The molecule has 1 amide bonds. The monoisotopic (exact) mass is 553 g/mol. The number of amides is 1. The minimum atomic E-state index is -0.578. The fourth-order valence-electron chi connectivity index (χ4n) is 10.8. The van der Waals surface area contributed by atoms with Gasteiger partial charge in [0.15, 0.2) is 5.76 Å². The molecule has 1 aromatic heterocycles. The first kappa shape index (κ1) is 25.6. The highest BCUT2D eigenvalue weighted by atomic mass is 16.6. The van der Waals surface area contributed by atoms with Crippen LogP contribution in [0.4, 0.5) is 4.79 Å². The standard InChI is InChI=1S/C35H39NO5/c1-31-13-10-24(37)19-33(31)16-17-35(25(20-33)29(38)26-9-6-18-40-26)27(31)11-14-32(2)28(35)12-15-34(32)22-36(30(39)41-34)21-23-7-4-3-5-8-23/h3-9,16-18,20,24,27-28,37H,10-15,19,21-22H2,1-2H3. The minimum absolute atomic E-state index is 0.0369. The Labute approximate surface area is 241 Å². The second-order valence-corrected chi connectivity index (χ2v) is 14.3. The van der Waals surface area contributed by atoms with Gasteiger partial charge < -0.3 is 14.3 Å². The number of allylic oxidation sites excluding steroid dienone is 4. The molecule has 6 nitrogen and oxygen atoms in total. The number of fused-ring (bicyclic) bond motifs is 2. The van der Waals surface area contributed by atoms with Crippen LogP contribution in [0.3, 0.4) is 0 Å². The molecule has 41 heavy (non-hydrogen) atoms. The van der Waals surface area contributed by atoms with Crippen molar-refractivity contribution in [2.24, 2.45) is 33.5 Å². The average Bonchev–Trinajstić information content (AvgIpc) is 3.68. The van der Waals surface area contributed by atoms with E-state index in [9.17, 15) is 14.7 Å². The van der Waals surface area contributed by atoms with Crippen LogP contribution < -0.4 is 0 Å². The number of rotatable bonds is 4. The van der Waals surface area contributed by atoms with Crippen LogP contribution in [0, 0.1) is 33.5 Å². The lowest BCUT2D eigenvalue weighted by molar-refractivity contribution is -0.164. The zero-order chi connectivity index (χ0) is 28.3. The molecule has 3 spiro atoms. The van der Waals surface area contributed by atoms with Crippen molar-refractivity contribution >= 4 is 11.9 Å². The number of nitrogens with zero attached hydrogens (tertiary/aromatic N) is 1. The third-order valence-electron chi connectivity index (χ3n) is 12.9. The molecule has 6 heteroatoms. The SMILES string of the molecule is CC12CCC(O)CC13C=CC1(C(C(=O)c4ccco4)=C3)C2CCC2(C)C1CCC21CN(Cc2ccccc2)C(=O)O1. The van der Waals surface area contributed by atoms with Gasteiger partial charge in [0.1, 0.15) is 5.60 Å². The number of aliphatic hydroxyl groups is 1. The Kier molecular flexibility index (Phi) is 5.14. The summed E-state index contributed by atoms with van der Waals surface area (Å²) in [6.07, 6.45) is 14.0. The van der Waals surface area contributed by atoms with Crippen LogP contribution in [0.25, 0.3) is 0 Å². The minimum Gasteiger partial charge on any atom is -0.461 e. The smallest absolute Gasteiger partial charge is 0.410 e. The second kappa shape index (κ2) is 8.25. The summed E-state index contributed by atoms with van der Waals surface area (Å²) in [6.45, 7) is 5.87. The van der Waals surface area contributed by atoms with E-state index in [1.165, 1.54) is 0 Å². The van der Waals surface area contributed by atoms with Crippen molar-refractivity contribution in [2.75, 3.05) is 6.54 Å². The lowest BCUT2D eigenvalue weighted by atomic mass is 9.32. The molecule has 7 aliphatic rings. The number of hydrogen-bond acceptors (Lipinski definition) is 5. The first-order valence-corrected chi connectivity index (χ1v) is 15.4. The number of carbonyl (C=O) groups excluding carboxylic acids is 2. The van der Waals surface area contributed by atoms with E-state index < -0.39 is 11.0 Å². The summed E-state index contributed by atoms with van der Waals surface area (Å²) >= 11 is 0. The van der Waals surface area contributed by atoms with Crippen molar-refractivity contribution in [3.05, 3.63) is 83.9 Å². The lowest BCUT2D eigenvalue weighted by Gasteiger charge is -2.71. The topological polar surface area (TPSA) is 80.0 Å². The molecule has 4 fully saturated rings. The maximum atomic E-state index is 14.3. The van der Waals surface area contributed by atoms with Crippen LogP contribution in [0.1, 0.15) is 74.9 Å². The third kappa shape index (κ3) is 3.07. The van der Waals surface area contributed by atoms with Crippen LogP contribution in [0.15, 0.2) is 76.9 Å². The van der Waals surface area contributed by atoms with Crippen molar-refractivity contribution in [1.82, 2.24) is 4.90 Å². The van der Waals surface area contributed by atoms with E-state index in [-0.39, 0.29) is 46.1 Å². The second-order valence-electron chi connectivity index (χ2n) is 14.3. The number of hydrogen-bond donors (Lipinski definition) is 1. The number of aliphatic hydroxyl groups excluding tert-OH is 1. The van der Waals surface area contributed by atoms with Crippen molar-refractivity contribution in [3.63, 3.8) is 0 Å². The molecule has 0 radical (unpaired) electrons. The number of ketones is 1. The molecule has 2 heterocycles. The van der Waals surface area contributed by atoms with Gasteiger partial charge in [-0.2, -0.15) is 0 Å². The van der Waals surface area contributed by atoms with Gasteiger partial charge in [-0.1, -0.05) is 62.4 Å². The highest BCUT2D eigenvalue weighted by molar-refractivity contribution is 6.08. The molecule has 6 aliphatic carbocycles. The Bertz CT molecular complexity index is 1480. The van der Waals surface area contributed by atoms with Crippen LogP contribution in [0.5, 0.6) is 0 Å². The van der Waals surface area contributed by atoms with Gasteiger partial charge in [0.05, 0.1) is 18.9 Å². The van der Waals surface area contributed by atoms with Crippen molar-refractivity contribution in [2.45, 2.75) is 77.0 Å². The predicted molar refractivity (Wildman–Crippen MR) is 153 cm³/mol. The van der Waals surface area contributed by atoms with Crippen molar-refractivity contribution in [3.8, 4) is 0 Å². The lowest BCUT2D eigenvalue weighted by Crippen LogP contribution is -2.67. The first-order valence-electron chi connectivity index (χ1n) is 15.4.